The van der Waals surface area contributed by atoms with Crippen molar-refractivity contribution in [2.75, 3.05) is 14.2 Å². The van der Waals surface area contributed by atoms with Gasteiger partial charge in [-0.15, -0.1) is 11.3 Å². The van der Waals surface area contributed by atoms with Crippen LogP contribution >= 0.6 is 11.3 Å². The first-order valence-electron chi connectivity index (χ1n) is 5.12. The van der Waals surface area contributed by atoms with Gasteiger partial charge in [0.15, 0.2) is 11.5 Å². The summed E-state index contributed by atoms with van der Waals surface area (Å²) in [6.07, 6.45) is 1.78. The summed E-state index contributed by atoms with van der Waals surface area (Å²) in [5.74, 6) is 1.39. The highest BCUT2D eigenvalue weighted by Crippen LogP contribution is 2.31. The lowest BCUT2D eigenvalue weighted by atomic mass is 10.1. The van der Waals surface area contributed by atoms with E-state index in [4.69, 9.17) is 15.2 Å². The standard InChI is InChI=1S/C12H14N2O2S/c1-15-9-4-3-8(5-10(9)16-2)12(13)11-6-14-7-17-11/h3-7,12H,13H2,1-2H3. The number of methoxy groups -OCH3 is 2. The van der Waals surface area contributed by atoms with Crippen LogP contribution in [-0.4, -0.2) is 19.2 Å². The average molecular weight is 250 g/mol. The summed E-state index contributed by atoms with van der Waals surface area (Å²) < 4.78 is 10.4. The molecule has 0 aliphatic rings. The zero-order valence-electron chi connectivity index (χ0n) is 9.71. The summed E-state index contributed by atoms with van der Waals surface area (Å²) in [7, 11) is 3.22. The molecule has 2 N–H and O–H groups in total. The lowest BCUT2D eigenvalue weighted by Gasteiger charge is -2.13. The van der Waals surface area contributed by atoms with Crippen LogP contribution in [0.4, 0.5) is 0 Å². The molecule has 0 saturated carbocycles. The van der Waals surface area contributed by atoms with E-state index in [1.54, 1.807) is 37.3 Å². The largest absolute Gasteiger partial charge is 0.493 e. The Bertz CT molecular complexity index is 485. The maximum absolute atomic E-state index is 6.15. The van der Waals surface area contributed by atoms with E-state index in [0.29, 0.717) is 11.5 Å². The number of aromatic nitrogens is 1. The monoisotopic (exact) mass is 250 g/mol. The van der Waals surface area contributed by atoms with Gasteiger partial charge >= 0.3 is 0 Å². The Morgan fingerprint density at radius 3 is 2.59 bits per heavy atom. The Hall–Kier alpha value is -1.59. The first kappa shape index (κ1) is 11.9. The van der Waals surface area contributed by atoms with E-state index < -0.39 is 0 Å². The highest BCUT2D eigenvalue weighted by molar-refractivity contribution is 7.09. The molecule has 0 aliphatic carbocycles. The van der Waals surface area contributed by atoms with Crippen molar-refractivity contribution in [1.29, 1.82) is 0 Å². The summed E-state index contributed by atoms with van der Waals surface area (Å²) in [4.78, 5) is 5.05. The van der Waals surface area contributed by atoms with Crippen LogP contribution in [0.3, 0.4) is 0 Å². The number of rotatable bonds is 4. The topological polar surface area (TPSA) is 57.4 Å². The Kier molecular flexibility index (Phi) is 3.61. The Morgan fingerprint density at radius 2 is 2.00 bits per heavy atom. The van der Waals surface area contributed by atoms with E-state index in [1.165, 1.54) is 0 Å². The molecule has 0 amide bonds. The fourth-order valence-corrected chi connectivity index (χ4v) is 2.24. The molecule has 5 heteroatoms. The van der Waals surface area contributed by atoms with E-state index in [1.807, 2.05) is 18.2 Å². The van der Waals surface area contributed by atoms with E-state index in [-0.39, 0.29) is 6.04 Å². The smallest absolute Gasteiger partial charge is 0.161 e. The number of ether oxygens (including phenoxy) is 2. The molecule has 0 spiro atoms. The summed E-state index contributed by atoms with van der Waals surface area (Å²) in [6, 6.07) is 5.51. The van der Waals surface area contributed by atoms with Crippen LogP contribution in [-0.2, 0) is 0 Å². The van der Waals surface area contributed by atoms with Crippen LogP contribution in [0.1, 0.15) is 16.5 Å². The van der Waals surface area contributed by atoms with Crippen molar-refractivity contribution >= 4 is 11.3 Å². The molecule has 90 valence electrons. The number of thiazole rings is 1. The molecule has 0 radical (unpaired) electrons. The summed E-state index contributed by atoms with van der Waals surface area (Å²) >= 11 is 1.54. The average Bonchev–Trinajstić information content (AvgIpc) is 2.90. The van der Waals surface area contributed by atoms with Gasteiger partial charge in [-0.2, -0.15) is 0 Å². The third kappa shape index (κ3) is 2.40. The molecular weight excluding hydrogens is 236 g/mol. The van der Waals surface area contributed by atoms with Gasteiger partial charge in [0.05, 0.1) is 25.8 Å². The second kappa shape index (κ2) is 5.16. The van der Waals surface area contributed by atoms with Crippen LogP contribution < -0.4 is 15.2 Å². The fraction of sp³-hybridized carbons (Fsp3) is 0.250. The second-order valence-corrected chi connectivity index (χ2v) is 4.41. The van der Waals surface area contributed by atoms with Crippen molar-refractivity contribution < 1.29 is 9.47 Å². The van der Waals surface area contributed by atoms with Crippen LogP contribution in [0.5, 0.6) is 11.5 Å². The Balaban J connectivity index is 2.33. The summed E-state index contributed by atoms with van der Waals surface area (Å²) in [6.45, 7) is 0. The Morgan fingerprint density at radius 1 is 1.24 bits per heavy atom. The zero-order chi connectivity index (χ0) is 12.3. The molecule has 0 saturated heterocycles. The van der Waals surface area contributed by atoms with Gasteiger partial charge in [-0.1, -0.05) is 6.07 Å². The number of nitrogens with two attached hydrogens (primary N) is 1. The molecule has 0 fully saturated rings. The molecule has 1 heterocycles. The van der Waals surface area contributed by atoms with Crippen molar-refractivity contribution in [2.24, 2.45) is 5.73 Å². The first-order chi connectivity index (χ1) is 8.26. The molecule has 2 rings (SSSR count). The highest BCUT2D eigenvalue weighted by atomic mass is 32.1. The summed E-state index contributed by atoms with van der Waals surface area (Å²) in [5.41, 5.74) is 8.90. The molecule has 0 bridgehead atoms. The third-order valence-corrected chi connectivity index (χ3v) is 3.38. The van der Waals surface area contributed by atoms with Gasteiger partial charge in [0, 0.05) is 11.1 Å². The van der Waals surface area contributed by atoms with E-state index in [2.05, 4.69) is 4.98 Å². The van der Waals surface area contributed by atoms with Crippen molar-refractivity contribution in [3.8, 4) is 11.5 Å². The molecule has 1 aromatic carbocycles. The van der Waals surface area contributed by atoms with Crippen molar-refractivity contribution in [2.45, 2.75) is 6.04 Å². The van der Waals surface area contributed by atoms with E-state index in [0.717, 1.165) is 10.4 Å². The molecule has 1 aromatic heterocycles. The van der Waals surface area contributed by atoms with Crippen LogP contribution in [0.25, 0.3) is 0 Å². The predicted molar refractivity (Wildman–Crippen MR) is 67.7 cm³/mol. The maximum atomic E-state index is 6.15. The van der Waals surface area contributed by atoms with Gasteiger partial charge in [-0.25, -0.2) is 0 Å². The van der Waals surface area contributed by atoms with Crippen LogP contribution in [0, 0.1) is 0 Å². The minimum absolute atomic E-state index is 0.178. The van der Waals surface area contributed by atoms with Crippen LogP contribution in [0.15, 0.2) is 29.9 Å². The normalized spacial score (nSPS) is 12.2. The SMILES string of the molecule is COc1ccc(C(N)c2cncs2)cc1OC. The molecule has 1 atom stereocenters. The number of benzene rings is 1. The molecule has 17 heavy (non-hydrogen) atoms. The quantitative estimate of drug-likeness (QED) is 0.903. The minimum Gasteiger partial charge on any atom is -0.493 e. The molecule has 2 aromatic rings. The molecular formula is C12H14N2O2S. The number of hydrogen-bond donors (Lipinski definition) is 1. The van der Waals surface area contributed by atoms with E-state index >= 15 is 0 Å². The molecule has 0 aliphatic heterocycles. The van der Waals surface area contributed by atoms with Crippen molar-refractivity contribution in [3.63, 3.8) is 0 Å². The van der Waals surface area contributed by atoms with Crippen molar-refractivity contribution in [1.82, 2.24) is 4.98 Å². The van der Waals surface area contributed by atoms with Crippen LogP contribution in [0.2, 0.25) is 0 Å². The van der Waals surface area contributed by atoms with E-state index in [9.17, 15) is 0 Å². The lowest BCUT2D eigenvalue weighted by Crippen LogP contribution is -2.10. The maximum Gasteiger partial charge on any atom is 0.161 e. The molecule has 1 unspecified atom stereocenters. The minimum atomic E-state index is -0.178. The predicted octanol–water partition coefficient (Wildman–Crippen LogP) is 2.21. The van der Waals surface area contributed by atoms with Gasteiger partial charge in [-0.3, -0.25) is 4.98 Å². The van der Waals surface area contributed by atoms with Gasteiger partial charge < -0.3 is 15.2 Å². The van der Waals surface area contributed by atoms with Gasteiger partial charge in [0.2, 0.25) is 0 Å². The highest BCUT2D eigenvalue weighted by Gasteiger charge is 2.13. The fourth-order valence-electron chi connectivity index (χ4n) is 1.59. The van der Waals surface area contributed by atoms with Crippen molar-refractivity contribution in [3.05, 3.63) is 40.3 Å². The van der Waals surface area contributed by atoms with Gasteiger partial charge in [0.1, 0.15) is 0 Å². The first-order valence-corrected chi connectivity index (χ1v) is 6.00. The lowest BCUT2D eigenvalue weighted by molar-refractivity contribution is 0.354. The van der Waals surface area contributed by atoms with Gasteiger partial charge in [-0.05, 0) is 17.7 Å². The Labute approximate surface area is 104 Å². The third-order valence-electron chi connectivity index (χ3n) is 2.52. The van der Waals surface area contributed by atoms with Gasteiger partial charge in [0.25, 0.3) is 0 Å². The second-order valence-electron chi connectivity index (χ2n) is 3.50. The number of nitrogens with zero attached hydrogens (tertiary/aromatic N) is 1. The number of hydrogen-bond acceptors (Lipinski definition) is 5. The summed E-state index contributed by atoms with van der Waals surface area (Å²) in [5, 5.41) is 0. The zero-order valence-corrected chi connectivity index (χ0v) is 10.5. The molecule has 4 nitrogen and oxygen atoms in total.